The van der Waals surface area contributed by atoms with Crippen molar-refractivity contribution in [2.75, 3.05) is 31.3 Å². The van der Waals surface area contributed by atoms with Crippen molar-refractivity contribution < 1.29 is 9.53 Å². The van der Waals surface area contributed by atoms with E-state index in [0.717, 1.165) is 11.5 Å². The molecule has 1 fully saturated rings. The van der Waals surface area contributed by atoms with Crippen molar-refractivity contribution in [3.63, 3.8) is 0 Å². The molecule has 1 saturated carbocycles. The maximum Gasteiger partial charge on any atom is 0.343 e. The fraction of sp³-hybridized carbons (Fsp3) is 0.571. The van der Waals surface area contributed by atoms with E-state index in [1.54, 1.807) is 0 Å². The molecule has 1 aliphatic rings. The van der Waals surface area contributed by atoms with Gasteiger partial charge >= 0.3 is 5.97 Å². The number of methoxy groups -OCH3 is 1. The van der Waals surface area contributed by atoms with Gasteiger partial charge in [0.25, 0.3) is 0 Å². The Morgan fingerprint density at radius 3 is 2.75 bits per heavy atom. The molecular formula is C14H19N3O2S. The summed E-state index contributed by atoms with van der Waals surface area (Å²) < 4.78 is 4.79. The predicted octanol–water partition coefficient (Wildman–Crippen LogP) is 2.61. The highest BCUT2D eigenvalue weighted by atomic mass is 32.1. The minimum atomic E-state index is -0.478. The number of hydrogen-bond donors (Lipinski definition) is 1. The Morgan fingerprint density at radius 2 is 2.20 bits per heavy atom. The van der Waals surface area contributed by atoms with Crippen LogP contribution in [0.3, 0.4) is 0 Å². The SMILES string of the molecule is COC(=O)c1c(N(C)CC2CCCC2)sc(C#N)c1N. The van der Waals surface area contributed by atoms with Crippen molar-refractivity contribution >= 4 is 28.0 Å². The number of hydrogen-bond acceptors (Lipinski definition) is 6. The van der Waals surface area contributed by atoms with Gasteiger partial charge in [-0.15, -0.1) is 11.3 Å². The summed E-state index contributed by atoms with van der Waals surface area (Å²) in [7, 11) is 3.27. The van der Waals surface area contributed by atoms with E-state index in [1.165, 1.54) is 44.1 Å². The number of nitrogens with zero attached hydrogens (tertiary/aromatic N) is 2. The second-order valence-corrected chi connectivity index (χ2v) is 6.16. The molecule has 0 spiro atoms. The Bertz CT molecular complexity index is 541. The van der Waals surface area contributed by atoms with Crippen LogP contribution in [0.15, 0.2) is 0 Å². The highest BCUT2D eigenvalue weighted by Gasteiger charge is 2.26. The number of carbonyl (C=O) groups is 1. The Kier molecular flexibility index (Phi) is 4.50. The smallest absolute Gasteiger partial charge is 0.343 e. The maximum atomic E-state index is 11.9. The lowest BCUT2D eigenvalue weighted by Gasteiger charge is -2.22. The molecular weight excluding hydrogens is 274 g/mol. The third kappa shape index (κ3) is 2.73. The number of rotatable bonds is 4. The van der Waals surface area contributed by atoms with Gasteiger partial charge in [-0.3, -0.25) is 0 Å². The summed E-state index contributed by atoms with van der Waals surface area (Å²) in [5.74, 6) is 0.174. The summed E-state index contributed by atoms with van der Waals surface area (Å²) in [5.41, 5.74) is 6.46. The van der Waals surface area contributed by atoms with E-state index in [9.17, 15) is 4.79 Å². The summed E-state index contributed by atoms with van der Waals surface area (Å²) in [4.78, 5) is 14.3. The third-order valence-corrected chi connectivity index (χ3v) is 5.00. The average Bonchev–Trinajstić information content (AvgIpc) is 3.05. The van der Waals surface area contributed by atoms with E-state index in [0.29, 0.717) is 16.4 Å². The zero-order chi connectivity index (χ0) is 14.7. The van der Waals surface area contributed by atoms with E-state index < -0.39 is 5.97 Å². The summed E-state index contributed by atoms with van der Waals surface area (Å²) in [6.45, 7) is 0.884. The van der Waals surface area contributed by atoms with Gasteiger partial charge in [0.15, 0.2) is 0 Å². The minimum absolute atomic E-state index is 0.234. The van der Waals surface area contributed by atoms with Crippen LogP contribution in [0.25, 0.3) is 0 Å². The first-order valence-corrected chi connectivity index (χ1v) is 7.52. The van der Waals surface area contributed by atoms with Crippen molar-refractivity contribution in [1.29, 1.82) is 5.26 Å². The molecule has 0 bridgehead atoms. The number of thiophene rings is 1. The molecule has 0 saturated heterocycles. The van der Waals surface area contributed by atoms with Crippen LogP contribution in [0.2, 0.25) is 0 Å². The zero-order valence-electron chi connectivity index (χ0n) is 11.8. The largest absolute Gasteiger partial charge is 0.465 e. The van der Waals surface area contributed by atoms with Gasteiger partial charge in [-0.25, -0.2) is 4.79 Å². The molecule has 0 aromatic carbocycles. The highest BCUT2D eigenvalue weighted by Crippen LogP contribution is 2.39. The van der Waals surface area contributed by atoms with Crippen LogP contribution < -0.4 is 10.6 Å². The molecule has 1 aromatic rings. The number of ether oxygens (including phenoxy) is 1. The standard InChI is InChI=1S/C14H19N3O2S/c1-17(8-9-5-3-4-6-9)13-11(14(18)19-2)12(16)10(7-15)20-13/h9H,3-6,8,16H2,1-2H3. The Morgan fingerprint density at radius 1 is 1.55 bits per heavy atom. The first kappa shape index (κ1) is 14.7. The van der Waals surface area contributed by atoms with E-state index >= 15 is 0 Å². The zero-order valence-corrected chi connectivity index (χ0v) is 12.6. The molecule has 2 N–H and O–H groups in total. The van der Waals surface area contributed by atoms with Gasteiger partial charge in [-0.1, -0.05) is 12.8 Å². The van der Waals surface area contributed by atoms with Crippen LogP contribution in [0, 0.1) is 17.2 Å². The summed E-state index contributed by atoms with van der Waals surface area (Å²) in [6.07, 6.45) is 5.00. The topological polar surface area (TPSA) is 79.3 Å². The molecule has 6 heteroatoms. The van der Waals surface area contributed by atoms with E-state index in [1.807, 2.05) is 18.0 Å². The van der Waals surface area contributed by atoms with E-state index in [-0.39, 0.29) is 5.69 Å². The van der Waals surface area contributed by atoms with Crippen LogP contribution in [0.5, 0.6) is 0 Å². The first-order valence-electron chi connectivity index (χ1n) is 6.70. The van der Waals surface area contributed by atoms with Crippen LogP contribution in [-0.4, -0.2) is 26.7 Å². The van der Waals surface area contributed by atoms with Crippen molar-refractivity contribution in [3.8, 4) is 6.07 Å². The molecule has 1 heterocycles. The molecule has 1 aromatic heterocycles. The maximum absolute atomic E-state index is 11.9. The van der Waals surface area contributed by atoms with Gasteiger partial charge in [0.1, 0.15) is 21.5 Å². The quantitative estimate of drug-likeness (QED) is 0.863. The lowest BCUT2D eigenvalue weighted by atomic mass is 10.1. The van der Waals surface area contributed by atoms with Gasteiger partial charge in [-0.05, 0) is 18.8 Å². The predicted molar refractivity (Wildman–Crippen MR) is 80.0 cm³/mol. The molecule has 108 valence electrons. The summed E-state index contributed by atoms with van der Waals surface area (Å²) in [5, 5.41) is 9.82. The Labute approximate surface area is 122 Å². The fourth-order valence-electron chi connectivity index (χ4n) is 2.75. The third-order valence-electron chi connectivity index (χ3n) is 3.77. The first-order chi connectivity index (χ1) is 9.58. The molecule has 0 unspecified atom stereocenters. The minimum Gasteiger partial charge on any atom is -0.465 e. The van der Waals surface area contributed by atoms with Crippen LogP contribution in [0.1, 0.15) is 40.9 Å². The highest BCUT2D eigenvalue weighted by molar-refractivity contribution is 7.17. The molecule has 0 atom stereocenters. The van der Waals surface area contributed by atoms with Gasteiger partial charge in [0.2, 0.25) is 0 Å². The van der Waals surface area contributed by atoms with Gasteiger partial charge < -0.3 is 15.4 Å². The summed E-state index contributed by atoms with van der Waals surface area (Å²) in [6, 6.07) is 2.04. The van der Waals surface area contributed by atoms with Crippen molar-refractivity contribution in [1.82, 2.24) is 0 Å². The van der Waals surface area contributed by atoms with Crippen molar-refractivity contribution in [2.45, 2.75) is 25.7 Å². The molecule has 0 amide bonds. The van der Waals surface area contributed by atoms with Crippen LogP contribution in [-0.2, 0) is 4.74 Å². The van der Waals surface area contributed by atoms with E-state index in [2.05, 4.69) is 0 Å². The second kappa shape index (κ2) is 6.14. The van der Waals surface area contributed by atoms with Gasteiger partial charge in [0, 0.05) is 13.6 Å². The van der Waals surface area contributed by atoms with E-state index in [4.69, 9.17) is 15.7 Å². The molecule has 1 aliphatic carbocycles. The molecule has 2 rings (SSSR count). The molecule has 5 nitrogen and oxygen atoms in total. The lowest BCUT2D eigenvalue weighted by molar-refractivity contribution is 0.0603. The normalized spacial score (nSPS) is 15.1. The molecule has 0 radical (unpaired) electrons. The summed E-state index contributed by atoms with van der Waals surface area (Å²) >= 11 is 1.26. The Hall–Kier alpha value is -1.74. The van der Waals surface area contributed by atoms with Crippen LogP contribution in [0.4, 0.5) is 10.7 Å². The van der Waals surface area contributed by atoms with Crippen molar-refractivity contribution in [2.24, 2.45) is 5.92 Å². The fourth-order valence-corrected chi connectivity index (χ4v) is 3.72. The molecule has 20 heavy (non-hydrogen) atoms. The number of nitriles is 1. The van der Waals surface area contributed by atoms with Crippen LogP contribution >= 0.6 is 11.3 Å². The van der Waals surface area contributed by atoms with Crippen molar-refractivity contribution in [3.05, 3.63) is 10.4 Å². The monoisotopic (exact) mass is 293 g/mol. The number of esters is 1. The average molecular weight is 293 g/mol. The molecule has 0 aliphatic heterocycles. The number of anilines is 2. The number of nitrogens with two attached hydrogens (primary N) is 1. The number of carbonyl (C=O) groups excluding carboxylic acids is 1. The Balaban J connectivity index is 2.29. The van der Waals surface area contributed by atoms with Gasteiger partial charge in [-0.2, -0.15) is 5.26 Å². The second-order valence-electron chi connectivity index (χ2n) is 5.16. The number of nitrogen functional groups attached to an aromatic ring is 1. The van der Waals surface area contributed by atoms with Gasteiger partial charge in [0.05, 0.1) is 12.8 Å². The lowest BCUT2D eigenvalue weighted by Crippen LogP contribution is -2.25.